The van der Waals surface area contributed by atoms with E-state index in [1.807, 2.05) is 18.7 Å². The van der Waals surface area contributed by atoms with Gasteiger partial charge in [0.2, 0.25) is 11.8 Å². The SMILES string of the molecule is CCC1(CC)NC(=O)CCN(CCCOCC(C)C)C1=O. The zero-order valence-corrected chi connectivity index (χ0v) is 13.9. The topological polar surface area (TPSA) is 58.6 Å². The quantitative estimate of drug-likeness (QED) is 0.697. The van der Waals surface area contributed by atoms with Crippen LogP contribution in [0.1, 0.15) is 53.4 Å². The molecule has 1 saturated heterocycles. The second-order valence-corrected chi connectivity index (χ2v) is 6.20. The summed E-state index contributed by atoms with van der Waals surface area (Å²) >= 11 is 0. The van der Waals surface area contributed by atoms with Gasteiger partial charge in [-0.15, -0.1) is 0 Å². The molecule has 0 atom stereocenters. The summed E-state index contributed by atoms with van der Waals surface area (Å²) in [6.07, 6.45) is 2.47. The number of nitrogens with one attached hydrogen (secondary N) is 1. The van der Waals surface area contributed by atoms with Crippen molar-refractivity contribution in [2.45, 2.75) is 58.9 Å². The molecule has 0 aromatic carbocycles. The summed E-state index contributed by atoms with van der Waals surface area (Å²) in [5.41, 5.74) is -0.716. The highest BCUT2D eigenvalue weighted by Crippen LogP contribution is 2.22. The van der Waals surface area contributed by atoms with E-state index in [1.54, 1.807) is 0 Å². The lowest BCUT2D eigenvalue weighted by atomic mass is 9.91. The van der Waals surface area contributed by atoms with Crippen molar-refractivity contribution in [1.82, 2.24) is 10.2 Å². The van der Waals surface area contributed by atoms with Crippen LogP contribution in [0.4, 0.5) is 0 Å². The number of carbonyl (C=O) groups excluding carboxylic acids is 2. The van der Waals surface area contributed by atoms with E-state index < -0.39 is 5.54 Å². The van der Waals surface area contributed by atoms with Gasteiger partial charge >= 0.3 is 0 Å². The summed E-state index contributed by atoms with van der Waals surface area (Å²) < 4.78 is 5.56. The molecule has 1 N–H and O–H groups in total. The minimum atomic E-state index is -0.716. The van der Waals surface area contributed by atoms with Crippen molar-refractivity contribution < 1.29 is 14.3 Å². The molecule has 0 radical (unpaired) electrons. The van der Waals surface area contributed by atoms with Gasteiger partial charge in [-0.1, -0.05) is 27.7 Å². The zero-order chi connectivity index (χ0) is 15.9. The minimum Gasteiger partial charge on any atom is -0.381 e. The molecule has 0 bridgehead atoms. The summed E-state index contributed by atoms with van der Waals surface area (Å²) in [5.74, 6) is 0.562. The molecule has 1 heterocycles. The van der Waals surface area contributed by atoms with E-state index in [0.717, 1.165) is 13.0 Å². The fourth-order valence-corrected chi connectivity index (χ4v) is 2.64. The summed E-state index contributed by atoms with van der Waals surface area (Å²) in [7, 11) is 0. The number of hydrogen-bond acceptors (Lipinski definition) is 3. The van der Waals surface area contributed by atoms with Gasteiger partial charge in [0.05, 0.1) is 0 Å². The van der Waals surface area contributed by atoms with Crippen molar-refractivity contribution in [3.63, 3.8) is 0 Å². The van der Waals surface area contributed by atoms with Crippen molar-refractivity contribution in [2.24, 2.45) is 5.92 Å². The first-order valence-electron chi connectivity index (χ1n) is 8.13. The first-order chi connectivity index (χ1) is 9.95. The number of amides is 2. The molecule has 0 aromatic rings. The second-order valence-electron chi connectivity index (χ2n) is 6.20. The molecule has 0 aliphatic carbocycles. The minimum absolute atomic E-state index is 0.0226. The van der Waals surface area contributed by atoms with Crippen LogP contribution in [0.15, 0.2) is 0 Å². The van der Waals surface area contributed by atoms with E-state index in [9.17, 15) is 9.59 Å². The third-order valence-electron chi connectivity index (χ3n) is 4.06. The Balaban J connectivity index is 2.56. The molecular formula is C16H30N2O3. The lowest BCUT2D eigenvalue weighted by molar-refractivity contribution is -0.139. The van der Waals surface area contributed by atoms with Crippen molar-refractivity contribution in [2.75, 3.05) is 26.3 Å². The number of carbonyl (C=O) groups is 2. The van der Waals surface area contributed by atoms with Crippen LogP contribution < -0.4 is 5.32 Å². The van der Waals surface area contributed by atoms with Gasteiger partial charge < -0.3 is 15.0 Å². The van der Waals surface area contributed by atoms with Crippen LogP contribution >= 0.6 is 0 Å². The predicted octanol–water partition coefficient (Wildman–Crippen LogP) is 1.96. The highest BCUT2D eigenvalue weighted by molar-refractivity contribution is 5.93. The van der Waals surface area contributed by atoms with Gasteiger partial charge in [-0.25, -0.2) is 0 Å². The van der Waals surface area contributed by atoms with Crippen LogP contribution in [0.3, 0.4) is 0 Å². The van der Waals surface area contributed by atoms with Gasteiger partial charge in [-0.3, -0.25) is 9.59 Å². The zero-order valence-electron chi connectivity index (χ0n) is 13.9. The van der Waals surface area contributed by atoms with Gasteiger partial charge in [-0.05, 0) is 25.2 Å². The fourth-order valence-electron chi connectivity index (χ4n) is 2.64. The monoisotopic (exact) mass is 298 g/mol. The standard InChI is InChI=1S/C16H30N2O3/c1-5-16(6-2)15(20)18(10-8-14(19)17-16)9-7-11-21-12-13(3)4/h13H,5-12H2,1-4H3,(H,17,19). The Hall–Kier alpha value is -1.10. The maximum Gasteiger partial charge on any atom is 0.248 e. The summed E-state index contributed by atoms with van der Waals surface area (Å²) in [4.78, 5) is 26.4. The molecular weight excluding hydrogens is 268 g/mol. The van der Waals surface area contributed by atoms with Crippen LogP contribution in [0.25, 0.3) is 0 Å². The third kappa shape index (κ3) is 4.99. The Morgan fingerprint density at radius 3 is 2.52 bits per heavy atom. The van der Waals surface area contributed by atoms with Crippen LogP contribution in [0.5, 0.6) is 0 Å². The number of ether oxygens (including phenoxy) is 1. The van der Waals surface area contributed by atoms with Crippen molar-refractivity contribution >= 4 is 11.8 Å². The van der Waals surface area contributed by atoms with E-state index in [2.05, 4.69) is 19.2 Å². The molecule has 2 amide bonds. The summed E-state index contributed by atoms with van der Waals surface area (Å²) in [6, 6.07) is 0. The average Bonchev–Trinajstić information content (AvgIpc) is 2.57. The summed E-state index contributed by atoms with van der Waals surface area (Å²) in [6.45, 7) is 10.7. The largest absolute Gasteiger partial charge is 0.381 e. The maximum absolute atomic E-state index is 12.7. The summed E-state index contributed by atoms with van der Waals surface area (Å²) in [5, 5.41) is 2.93. The molecule has 1 fully saturated rings. The number of nitrogens with zero attached hydrogens (tertiary/aromatic N) is 1. The smallest absolute Gasteiger partial charge is 0.248 e. The van der Waals surface area contributed by atoms with Crippen LogP contribution in [0, 0.1) is 5.92 Å². The van der Waals surface area contributed by atoms with Gasteiger partial charge in [-0.2, -0.15) is 0 Å². The van der Waals surface area contributed by atoms with Gasteiger partial charge in [0.25, 0.3) is 0 Å². The highest BCUT2D eigenvalue weighted by atomic mass is 16.5. The fraction of sp³-hybridized carbons (Fsp3) is 0.875. The molecule has 0 spiro atoms. The average molecular weight is 298 g/mol. The Bertz CT molecular complexity index is 351. The molecule has 122 valence electrons. The molecule has 5 heteroatoms. The van der Waals surface area contributed by atoms with E-state index in [0.29, 0.717) is 44.9 Å². The first-order valence-corrected chi connectivity index (χ1v) is 8.13. The van der Waals surface area contributed by atoms with Gasteiger partial charge in [0.1, 0.15) is 5.54 Å². The Kier molecular flexibility index (Phi) is 7.15. The Morgan fingerprint density at radius 2 is 1.95 bits per heavy atom. The molecule has 1 aliphatic heterocycles. The van der Waals surface area contributed by atoms with E-state index in [-0.39, 0.29) is 11.8 Å². The van der Waals surface area contributed by atoms with E-state index in [4.69, 9.17) is 4.74 Å². The molecule has 0 saturated carbocycles. The number of rotatable bonds is 8. The van der Waals surface area contributed by atoms with Crippen molar-refractivity contribution in [3.8, 4) is 0 Å². The molecule has 5 nitrogen and oxygen atoms in total. The molecule has 0 unspecified atom stereocenters. The maximum atomic E-state index is 12.7. The normalized spacial score (nSPS) is 18.8. The third-order valence-corrected chi connectivity index (χ3v) is 4.06. The lowest BCUT2D eigenvalue weighted by Gasteiger charge is -2.33. The van der Waals surface area contributed by atoms with E-state index >= 15 is 0 Å². The van der Waals surface area contributed by atoms with Crippen LogP contribution in [-0.4, -0.2) is 48.6 Å². The molecule has 21 heavy (non-hydrogen) atoms. The second kappa shape index (κ2) is 8.37. The van der Waals surface area contributed by atoms with Crippen LogP contribution in [0.2, 0.25) is 0 Å². The molecule has 1 rings (SSSR count). The van der Waals surface area contributed by atoms with Crippen molar-refractivity contribution in [1.29, 1.82) is 0 Å². The number of hydrogen-bond donors (Lipinski definition) is 1. The highest BCUT2D eigenvalue weighted by Gasteiger charge is 2.41. The Morgan fingerprint density at radius 1 is 1.29 bits per heavy atom. The lowest BCUT2D eigenvalue weighted by Crippen LogP contribution is -2.56. The predicted molar refractivity (Wildman–Crippen MR) is 82.9 cm³/mol. The van der Waals surface area contributed by atoms with E-state index in [1.165, 1.54) is 0 Å². The first kappa shape index (κ1) is 18.0. The Labute approximate surface area is 128 Å². The van der Waals surface area contributed by atoms with Crippen LogP contribution in [-0.2, 0) is 14.3 Å². The van der Waals surface area contributed by atoms with Gasteiger partial charge in [0, 0.05) is 32.7 Å². The molecule has 1 aliphatic rings. The van der Waals surface area contributed by atoms with Crippen molar-refractivity contribution in [3.05, 3.63) is 0 Å². The molecule has 0 aromatic heterocycles. The van der Waals surface area contributed by atoms with Gasteiger partial charge in [0.15, 0.2) is 0 Å².